The quantitative estimate of drug-likeness (QED) is 0.445. The second-order valence-electron chi connectivity index (χ2n) is 5.78. The Morgan fingerprint density at radius 1 is 1.19 bits per heavy atom. The van der Waals surface area contributed by atoms with E-state index < -0.39 is 21.9 Å². The lowest BCUT2D eigenvalue weighted by atomic mass is 10.1. The molecular formula is C16H18N2O5S3. The third kappa shape index (κ3) is 3.98. The zero-order valence-corrected chi connectivity index (χ0v) is 16.5. The van der Waals surface area contributed by atoms with Crippen LogP contribution in [0.3, 0.4) is 0 Å². The number of fused-ring (bicyclic) bond motifs is 1. The molecule has 140 valence electrons. The van der Waals surface area contributed by atoms with Crippen LogP contribution in [0.5, 0.6) is 0 Å². The lowest BCUT2D eigenvalue weighted by Gasteiger charge is -2.07. The van der Waals surface area contributed by atoms with E-state index in [1.165, 1.54) is 46.8 Å². The molecule has 0 saturated heterocycles. The van der Waals surface area contributed by atoms with Crippen molar-refractivity contribution in [2.45, 2.75) is 37.0 Å². The maximum absolute atomic E-state index is 12.4. The molecule has 0 fully saturated rings. The van der Waals surface area contributed by atoms with E-state index in [9.17, 15) is 18.0 Å². The number of hydrazine groups is 1. The number of ether oxygens (including phenoxy) is 1. The zero-order valence-electron chi connectivity index (χ0n) is 14.0. The smallest absolute Gasteiger partial charge is 0.349 e. The van der Waals surface area contributed by atoms with Crippen molar-refractivity contribution in [2.24, 2.45) is 0 Å². The number of aryl methyl sites for hydroxylation is 2. The Labute approximate surface area is 159 Å². The van der Waals surface area contributed by atoms with Crippen LogP contribution in [0.15, 0.2) is 22.4 Å². The van der Waals surface area contributed by atoms with E-state index >= 15 is 0 Å². The van der Waals surface area contributed by atoms with E-state index in [1.54, 1.807) is 0 Å². The minimum Gasteiger partial charge on any atom is -0.465 e. The number of sulfonamides is 1. The number of hydrogen-bond acceptors (Lipinski definition) is 7. The second kappa shape index (κ2) is 7.87. The van der Waals surface area contributed by atoms with Gasteiger partial charge in [-0.15, -0.1) is 27.5 Å². The van der Waals surface area contributed by atoms with Crippen molar-refractivity contribution in [3.05, 3.63) is 37.7 Å². The first-order chi connectivity index (χ1) is 12.4. The first-order valence-electron chi connectivity index (χ1n) is 8.02. The second-order valence-corrected chi connectivity index (χ2v) is 9.49. The van der Waals surface area contributed by atoms with Gasteiger partial charge in [-0.3, -0.25) is 10.2 Å². The van der Waals surface area contributed by atoms with Crippen LogP contribution in [0.1, 0.15) is 49.0 Å². The van der Waals surface area contributed by atoms with E-state index in [0.29, 0.717) is 4.88 Å². The largest absolute Gasteiger partial charge is 0.465 e. The summed E-state index contributed by atoms with van der Waals surface area (Å²) in [7, 11) is -2.91. The summed E-state index contributed by atoms with van der Waals surface area (Å²) in [6.07, 6.45) is 5.30. The summed E-state index contributed by atoms with van der Waals surface area (Å²) in [5.41, 5.74) is 3.39. The Morgan fingerprint density at radius 2 is 1.96 bits per heavy atom. The highest BCUT2D eigenvalue weighted by atomic mass is 32.2. The normalized spacial score (nSPS) is 14.3. The molecule has 7 nitrogen and oxygen atoms in total. The van der Waals surface area contributed by atoms with E-state index in [-0.39, 0.29) is 9.77 Å². The van der Waals surface area contributed by atoms with Crippen molar-refractivity contribution in [2.75, 3.05) is 7.11 Å². The van der Waals surface area contributed by atoms with Gasteiger partial charge < -0.3 is 4.74 Å². The van der Waals surface area contributed by atoms with Gasteiger partial charge in [-0.05, 0) is 48.8 Å². The third-order valence-electron chi connectivity index (χ3n) is 4.06. The van der Waals surface area contributed by atoms with Gasteiger partial charge in [-0.2, -0.15) is 0 Å². The molecule has 0 saturated carbocycles. The fourth-order valence-corrected chi connectivity index (χ4v) is 6.08. The standard InChI is InChI=1S/C16H18N2O5S3/c1-23-16(20)14-13(7-8-24-14)26(21,22)18-17-15(19)12-9-10-5-3-2-4-6-11(10)25-12/h7-9,18H,2-6H2,1H3,(H,17,19). The van der Waals surface area contributed by atoms with Crippen LogP contribution >= 0.6 is 22.7 Å². The van der Waals surface area contributed by atoms with Crippen molar-refractivity contribution < 1.29 is 22.7 Å². The molecule has 0 bridgehead atoms. The molecule has 0 aliphatic heterocycles. The van der Waals surface area contributed by atoms with Crippen molar-refractivity contribution >= 4 is 44.6 Å². The molecule has 1 amide bonds. The number of carbonyl (C=O) groups is 2. The van der Waals surface area contributed by atoms with Gasteiger partial charge in [0, 0.05) is 4.88 Å². The fourth-order valence-electron chi connectivity index (χ4n) is 2.76. The fraction of sp³-hybridized carbons (Fsp3) is 0.375. The van der Waals surface area contributed by atoms with Gasteiger partial charge in [0.2, 0.25) is 0 Å². The molecule has 0 radical (unpaired) electrons. The zero-order chi connectivity index (χ0) is 18.7. The predicted molar refractivity (Wildman–Crippen MR) is 99.0 cm³/mol. The number of methoxy groups -OCH3 is 1. The first kappa shape index (κ1) is 19.0. The number of amides is 1. The van der Waals surface area contributed by atoms with Crippen LogP contribution in [-0.4, -0.2) is 27.4 Å². The average molecular weight is 415 g/mol. The summed E-state index contributed by atoms with van der Waals surface area (Å²) in [6.45, 7) is 0. The van der Waals surface area contributed by atoms with E-state index in [1.807, 2.05) is 10.9 Å². The minimum absolute atomic E-state index is 0.0444. The maximum Gasteiger partial charge on any atom is 0.349 e. The van der Waals surface area contributed by atoms with Crippen molar-refractivity contribution in [1.82, 2.24) is 10.3 Å². The topological polar surface area (TPSA) is 102 Å². The molecule has 3 rings (SSSR count). The molecule has 2 heterocycles. The van der Waals surface area contributed by atoms with Crippen LogP contribution in [-0.2, 0) is 27.6 Å². The lowest BCUT2D eigenvalue weighted by Crippen LogP contribution is -2.41. The van der Waals surface area contributed by atoms with Crippen LogP contribution in [0.2, 0.25) is 0 Å². The van der Waals surface area contributed by atoms with Crippen LogP contribution in [0.25, 0.3) is 0 Å². The summed E-state index contributed by atoms with van der Waals surface area (Å²) in [6, 6.07) is 3.12. The Bertz CT molecular complexity index is 906. The van der Waals surface area contributed by atoms with Gasteiger partial charge in [0.25, 0.3) is 15.9 Å². The first-order valence-corrected chi connectivity index (χ1v) is 11.2. The van der Waals surface area contributed by atoms with Gasteiger partial charge in [0.05, 0.1) is 12.0 Å². The van der Waals surface area contributed by atoms with Crippen LogP contribution < -0.4 is 10.3 Å². The van der Waals surface area contributed by atoms with Crippen molar-refractivity contribution in [3.8, 4) is 0 Å². The molecule has 0 spiro atoms. The van der Waals surface area contributed by atoms with Crippen molar-refractivity contribution in [3.63, 3.8) is 0 Å². The third-order valence-corrected chi connectivity index (χ3v) is 7.61. The van der Waals surface area contributed by atoms with E-state index in [0.717, 1.165) is 37.0 Å². The maximum atomic E-state index is 12.4. The Balaban J connectivity index is 1.71. The van der Waals surface area contributed by atoms with E-state index in [4.69, 9.17) is 0 Å². The van der Waals surface area contributed by atoms with Gasteiger partial charge in [0.1, 0.15) is 9.77 Å². The SMILES string of the molecule is COC(=O)c1sccc1S(=O)(=O)NNC(=O)c1cc2c(s1)CCCCC2. The highest BCUT2D eigenvalue weighted by molar-refractivity contribution is 7.89. The molecule has 0 aromatic carbocycles. The summed E-state index contributed by atoms with van der Waals surface area (Å²) >= 11 is 2.35. The molecule has 2 aromatic heterocycles. The van der Waals surface area contributed by atoms with Gasteiger partial charge in [-0.1, -0.05) is 6.42 Å². The Kier molecular flexibility index (Phi) is 5.76. The monoisotopic (exact) mass is 414 g/mol. The molecule has 0 unspecified atom stereocenters. The molecule has 1 aliphatic rings. The summed E-state index contributed by atoms with van der Waals surface area (Å²) in [4.78, 5) is 27.4. The molecular weight excluding hydrogens is 396 g/mol. The summed E-state index contributed by atoms with van der Waals surface area (Å²) in [5, 5.41) is 1.47. The Hall–Kier alpha value is -1.75. The van der Waals surface area contributed by atoms with Crippen molar-refractivity contribution in [1.29, 1.82) is 0 Å². The minimum atomic E-state index is -4.08. The van der Waals surface area contributed by atoms with Crippen LogP contribution in [0.4, 0.5) is 0 Å². The molecule has 0 atom stereocenters. The number of nitrogens with one attached hydrogen (secondary N) is 2. The van der Waals surface area contributed by atoms with E-state index in [2.05, 4.69) is 10.2 Å². The number of hydrogen-bond donors (Lipinski definition) is 2. The van der Waals surface area contributed by atoms with Crippen LogP contribution in [0, 0.1) is 0 Å². The Morgan fingerprint density at radius 3 is 2.73 bits per heavy atom. The highest BCUT2D eigenvalue weighted by Gasteiger charge is 2.25. The predicted octanol–water partition coefficient (Wildman–Crippen LogP) is 2.49. The molecule has 10 heteroatoms. The van der Waals surface area contributed by atoms with Gasteiger partial charge in [-0.25, -0.2) is 13.2 Å². The number of rotatable bonds is 5. The number of esters is 1. The lowest BCUT2D eigenvalue weighted by molar-refractivity contribution is 0.0602. The molecule has 2 aromatic rings. The van der Waals surface area contributed by atoms with Gasteiger partial charge in [0.15, 0.2) is 0 Å². The number of thiophene rings is 2. The summed E-state index contributed by atoms with van der Waals surface area (Å²) in [5.74, 6) is -1.25. The average Bonchev–Trinajstić information content (AvgIpc) is 3.22. The van der Waals surface area contributed by atoms with Gasteiger partial charge >= 0.3 is 5.97 Å². The molecule has 26 heavy (non-hydrogen) atoms. The molecule has 2 N–H and O–H groups in total. The highest BCUT2D eigenvalue weighted by Crippen LogP contribution is 2.29. The molecule has 1 aliphatic carbocycles. The number of carbonyl (C=O) groups excluding carboxylic acids is 2. The summed E-state index contributed by atoms with van der Waals surface area (Å²) < 4.78 is 29.3.